The number of ether oxygens (including phenoxy) is 1. The maximum Gasteiger partial charge on any atom is 0.122 e. The summed E-state index contributed by atoms with van der Waals surface area (Å²) in [5.74, 6) is 0.988. The van der Waals surface area contributed by atoms with Gasteiger partial charge in [-0.25, -0.2) is 0 Å². The van der Waals surface area contributed by atoms with Gasteiger partial charge in [0.15, 0.2) is 0 Å². The minimum Gasteiger partial charge on any atom is -0.496 e. The molecule has 0 saturated carbocycles. The SMILES string of the molecule is CCc1cc(CBr)ccc1OC. The van der Waals surface area contributed by atoms with Gasteiger partial charge in [0.05, 0.1) is 7.11 Å². The molecule has 0 bridgehead atoms. The summed E-state index contributed by atoms with van der Waals surface area (Å²) in [5, 5.41) is 0.907. The lowest BCUT2D eigenvalue weighted by atomic mass is 10.1. The Morgan fingerprint density at radius 2 is 2.17 bits per heavy atom. The molecule has 1 rings (SSSR count). The molecule has 0 atom stereocenters. The van der Waals surface area contributed by atoms with Crippen LogP contribution in [0, 0.1) is 0 Å². The average molecular weight is 229 g/mol. The lowest BCUT2D eigenvalue weighted by molar-refractivity contribution is 0.410. The van der Waals surface area contributed by atoms with E-state index in [4.69, 9.17) is 4.74 Å². The summed E-state index contributed by atoms with van der Waals surface area (Å²) in [6, 6.07) is 6.27. The lowest BCUT2D eigenvalue weighted by Crippen LogP contribution is -1.91. The third-order valence-electron chi connectivity index (χ3n) is 1.88. The zero-order valence-corrected chi connectivity index (χ0v) is 9.02. The first-order chi connectivity index (χ1) is 5.81. The predicted molar refractivity (Wildman–Crippen MR) is 55.0 cm³/mol. The Balaban J connectivity index is 3.02. The van der Waals surface area contributed by atoms with E-state index >= 15 is 0 Å². The predicted octanol–water partition coefficient (Wildman–Crippen LogP) is 3.15. The molecule has 0 fully saturated rings. The van der Waals surface area contributed by atoms with E-state index in [0.29, 0.717) is 0 Å². The van der Waals surface area contributed by atoms with Gasteiger partial charge < -0.3 is 4.74 Å². The fourth-order valence-corrected chi connectivity index (χ4v) is 1.54. The molecule has 0 unspecified atom stereocenters. The van der Waals surface area contributed by atoms with E-state index in [1.807, 2.05) is 6.07 Å². The molecule has 0 radical (unpaired) electrons. The number of hydrogen-bond acceptors (Lipinski definition) is 1. The highest BCUT2D eigenvalue weighted by molar-refractivity contribution is 9.08. The van der Waals surface area contributed by atoms with Gasteiger partial charge >= 0.3 is 0 Å². The molecule has 0 saturated heterocycles. The van der Waals surface area contributed by atoms with E-state index in [9.17, 15) is 0 Å². The number of methoxy groups -OCH3 is 1. The maximum atomic E-state index is 5.22. The van der Waals surface area contributed by atoms with Crippen molar-refractivity contribution < 1.29 is 4.74 Å². The van der Waals surface area contributed by atoms with Gasteiger partial charge in [0.1, 0.15) is 5.75 Å². The standard InChI is InChI=1S/C10H13BrO/c1-3-9-6-8(7-11)4-5-10(9)12-2/h4-6H,3,7H2,1-2H3. The average Bonchev–Trinajstić information content (AvgIpc) is 2.16. The van der Waals surface area contributed by atoms with E-state index in [1.54, 1.807) is 7.11 Å². The first kappa shape index (κ1) is 9.59. The Morgan fingerprint density at radius 1 is 1.42 bits per heavy atom. The second-order valence-electron chi connectivity index (χ2n) is 2.63. The molecule has 1 aromatic carbocycles. The maximum absolute atomic E-state index is 5.22. The molecular weight excluding hydrogens is 216 g/mol. The van der Waals surface area contributed by atoms with Gasteiger partial charge in [-0.2, -0.15) is 0 Å². The van der Waals surface area contributed by atoms with Crippen LogP contribution in [-0.4, -0.2) is 7.11 Å². The van der Waals surface area contributed by atoms with Crippen LogP contribution in [0.3, 0.4) is 0 Å². The molecule has 66 valence electrons. The number of aryl methyl sites for hydroxylation is 1. The van der Waals surface area contributed by atoms with Crippen LogP contribution in [-0.2, 0) is 11.8 Å². The van der Waals surface area contributed by atoms with Crippen molar-refractivity contribution in [2.75, 3.05) is 7.11 Å². The van der Waals surface area contributed by atoms with E-state index in [2.05, 4.69) is 35.0 Å². The van der Waals surface area contributed by atoms with Gasteiger partial charge in [0.25, 0.3) is 0 Å². The molecule has 0 aliphatic carbocycles. The first-order valence-electron chi connectivity index (χ1n) is 4.03. The number of benzene rings is 1. The molecule has 0 N–H and O–H groups in total. The monoisotopic (exact) mass is 228 g/mol. The first-order valence-corrected chi connectivity index (χ1v) is 5.15. The van der Waals surface area contributed by atoms with Crippen LogP contribution in [0.1, 0.15) is 18.1 Å². The van der Waals surface area contributed by atoms with Gasteiger partial charge in [-0.3, -0.25) is 0 Å². The van der Waals surface area contributed by atoms with E-state index < -0.39 is 0 Å². The molecule has 1 nitrogen and oxygen atoms in total. The highest BCUT2D eigenvalue weighted by Crippen LogP contribution is 2.21. The highest BCUT2D eigenvalue weighted by atomic mass is 79.9. The minimum atomic E-state index is 0.907. The number of hydrogen-bond donors (Lipinski definition) is 0. The number of halogens is 1. The third-order valence-corrected chi connectivity index (χ3v) is 2.53. The topological polar surface area (TPSA) is 9.23 Å². The lowest BCUT2D eigenvalue weighted by Gasteiger charge is -2.07. The van der Waals surface area contributed by atoms with Crippen molar-refractivity contribution in [1.82, 2.24) is 0 Å². The molecule has 12 heavy (non-hydrogen) atoms. The van der Waals surface area contributed by atoms with Crippen molar-refractivity contribution in [3.8, 4) is 5.75 Å². The number of alkyl halides is 1. The van der Waals surface area contributed by atoms with Crippen LogP contribution in [0.2, 0.25) is 0 Å². The van der Waals surface area contributed by atoms with Gasteiger partial charge in [-0.1, -0.05) is 35.0 Å². The van der Waals surface area contributed by atoms with Crippen LogP contribution in [0.5, 0.6) is 5.75 Å². The summed E-state index contributed by atoms with van der Waals surface area (Å²) in [6.45, 7) is 2.13. The Labute approximate surface area is 81.9 Å². The zero-order valence-electron chi connectivity index (χ0n) is 7.43. The quantitative estimate of drug-likeness (QED) is 0.723. The molecule has 0 amide bonds. The van der Waals surface area contributed by atoms with Crippen molar-refractivity contribution >= 4 is 15.9 Å². The molecule has 2 heteroatoms. The normalized spacial score (nSPS) is 9.92. The smallest absolute Gasteiger partial charge is 0.122 e. The van der Waals surface area contributed by atoms with Gasteiger partial charge in [0.2, 0.25) is 0 Å². The van der Waals surface area contributed by atoms with Crippen molar-refractivity contribution in [2.24, 2.45) is 0 Å². The molecular formula is C10H13BrO. The van der Waals surface area contributed by atoms with Crippen molar-refractivity contribution in [3.63, 3.8) is 0 Å². The van der Waals surface area contributed by atoms with E-state index in [0.717, 1.165) is 17.5 Å². The summed E-state index contributed by atoms with van der Waals surface area (Å²) >= 11 is 3.43. The van der Waals surface area contributed by atoms with E-state index in [-0.39, 0.29) is 0 Å². The summed E-state index contributed by atoms with van der Waals surface area (Å²) in [5.41, 5.74) is 2.57. The third kappa shape index (κ3) is 2.01. The van der Waals surface area contributed by atoms with Crippen LogP contribution in [0.4, 0.5) is 0 Å². The largest absolute Gasteiger partial charge is 0.496 e. The van der Waals surface area contributed by atoms with Crippen LogP contribution < -0.4 is 4.74 Å². The molecule has 0 spiro atoms. The number of rotatable bonds is 3. The van der Waals surface area contributed by atoms with Gasteiger partial charge in [0, 0.05) is 5.33 Å². The Kier molecular flexibility index (Phi) is 3.60. The van der Waals surface area contributed by atoms with Gasteiger partial charge in [-0.15, -0.1) is 0 Å². The second kappa shape index (κ2) is 4.51. The van der Waals surface area contributed by atoms with Crippen LogP contribution in [0.15, 0.2) is 18.2 Å². The molecule has 1 aromatic rings. The summed E-state index contributed by atoms with van der Waals surface area (Å²) in [7, 11) is 1.71. The molecule has 0 aliphatic heterocycles. The van der Waals surface area contributed by atoms with Crippen LogP contribution in [0.25, 0.3) is 0 Å². The second-order valence-corrected chi connectivity index (χ2v) is 3.19. The highest BCUT2D eigenvalue weighted by Gasteiger charge is 2.00. The van der Waals surface area contributed by atoms with Crippen LogP contribution >= 0.6 is 15.9 Å². The van der Waals surface area contributed by atoms with E-state index in [1.165, 1.54) is 11.1 Å². The summed E-state index contributed by atoms with van der Waals surface area (Å²) in [4.78, 5) is 0. The Bertz CT molecular complexity index is 258. The molecule has 0 aromatic heterocycles. The fourth-order valence-electron chi connectivity index (χ4n) is 1.19. The Morgan fingerprint density at radius 3 is 2.67 bits per heavy atom. The summed E-state index contributed by atoms with van der Waals surface area (Å²) < 4.78 is 5.22. The summed E-state index contributed by atoms with van der Waals surface area (Å²) in [6.07, 6.45) is 1.02. The van der Waals surface area contributed by atoms with Gasteiger partial charge in [-0.05, 0) is 23.6 Å². The van der Waals surface area contributed by atoms with Crippen molar-refractivity contribution in [1.29, 1.82) is 0 Å². The zero-order chi connectivity index (χ0) is 8.97. The minimum absolute atomic E-state index is 0.907. The fraction of sp³-hybridized carbons (Fsp3) is 0.400. The molecule has 0 aliphatic rings. The van der Waals surface area contributed by atoms with Crippen molar-refractivity contribution in [3.05, 3.63) is 29.3 Å². The Hall–Kier alpha value is -0.500. The molecule has 0 heterocycles. The van der Waals surface area contributed by atoms with Crippen molar-refractivity contribution in [2.45, 2.75) is 18.7 Å².